The molecule has 1 aliphatic carbocycles. The number of aryl methyl sites for hydroxylation is 2. The average molecular weight is 427 g/mol. The highest BCUT2D eigenvalue weighted by atomic mass is 32.2. The first-order valence-corrected chi connectivity index (χ1v) is 11.4. The lowest BCUT2D eigenvalue weighted by molar-refractivity contribution is 0.244. The molecule has 1 fully saturated rings. The van der Waals surface area contributed by atoms with Crippen molar-refractivity contribution in [3.05, 3.63) is 65.2 Å². The van der Waals surface area contributed by atoms with Crippen molar-refractivity contribution in [2.75, 3.05) is 4.72 Å². The van der Waals surface area contributed by atoms with Gasteiger partial charge >= 0.3 is 0 Å². The van der Waals surface area contributed by atoms with E-state index in [2.05, 4.69) is 31.6 Å². The largest absolute Gasteiger partial charge is 0.292 e. The van der Waals surface area contributed by atoms with Gasteiger partial charge < -0.3 is 0 Å². The van der Waals surface area contributed by atoms with Crippen molar-refractivity contribution in [1.82, 2.24) is 24.6 Å². The lowest BCUT2D eigenvalue weighted by atomic mass is 10.1. The molecule has 1 saturated carbocycles. The van der Waals surface area contributed by atoms with Crippen LogP contribution in [0.3, 0.4) is 0 Å². The minimum absolute atomic E-state index is 0.0690. The van der Waals surface area contributed by atoms with E-state index in [4.69, 9.17) is 0 Å². The molecule has 0 atom stereocenters. The summed E-state index contributed by atoms with van der Waals surface area (Å²) < 4.78 is 29.2. The molecule has 0 radical (unpaired) electrons. The topological polar surface area (TPSA) is 93.0 Å². The van der Waals surface area contributed by atoms with Gasteiger partial charge in [0.2, 0.25) is 5.95 Å². The lowest BCUT2D eigenvalue weighted by Crippen LogP contribution is -2.26. The van der Waals surface area contributed by atoms with E-state index in [1.165, 1.54) is 36.2 Å². The fraction of sp³-hybridized carbons (Fsp3) is 0.381. The van der Waals surface area contributed by atoms with Crippen molar-refractivity contribution in [3.63, 3.8) is 0 Å². The predicted molar refractivity (Wildman–Crippen MR) is 114 cm³/mol. The Morgan fingerprint density at radius 3 is 2.33 bits per heavy atom. The molecular formula is C21H26N6O2S. The van der Waals surface area contributed by atoms with Crippen molar-refractivity contribution in [1.29, 1.82) is 0 Å². The molecule has 1 aliphatic rings. The minimum Gasteiger partial charge on any atom is -0.292 e. The van der Waals surface area contributed by atoms with Crippen LogP contribution >= 0.6 is 0 Å². The number of hydrogen-bond donors (Lipinski definition) is 1. The van der Waals surface area contributed by atoms with Crippen LogP contribution in [0.25, 0.3) is 0 Å². The number of anilines is 1. The summed E-state index contributed by atoms with van der Waals surface area (Å²) in [5.41, 5.74) is 4.45. The van der Waals surface area contributed by atoms with Crippen molar-refractivity contribution >= 4 is 16.0 Å². The first kappa shape index (κ1) is 20.5. The monoisotopic (exact) mass is 426 g/mol. The van der Waals surface area contributed by atoms with Crippen molar-refractivity contribution in [2.45, 2.75) is 50.7 Å². The SMILES string of the molecule is Cc1nn(C)c(C)c1CN(Cc1cnc(NS(=O)(=O)c2ccccc2)nc1)C1CC1. The Kier molecular flexibility index (Phi) is 5.57. The van der Waals surface area contributed by atoms with Crippen LogP contribution in [0.15, 0.2) is 47.6 Å². The molecule has 4 rings (SSSR count). The maximum absolute atomic E-state index is 12.4. The molecular weight excluding hydrogens is 400 g/mol. The molecule has 1 N–H and O–H groups in total. The zero-order valence-electron chi connectivity index (χ0n) is 17.4. The summed E-state index contributed by atoms with van der Waals surface area (Å²) >= 11 is 0. The lowest BCUT2D eigenvalue weighted by Gasteiger charge is -2.22. The van der Waals surface area contributed by atoms with Crippen molar-refractivity contribution in [2.24, 2.45) is 7.05 Å². The van der Waals surface area contributed by atoms with Crippen LogP contribution < -0.4 is 4.72 Å². The van der Waals surface area contributed by atoms with E-state index in [-0.39, 0.29) is 10.8 Å². The van der Waals surface area contributed by atoms with Crippen LogP contribution in [0.1, 0.15) is 35.4 Å². The normalized spacial score (nSPS) is 14.3. The van der Waals surface area contributed by atoms with E-state index in [0.29, 0.717) is 12.6 Å². The molecule has 1 aromatic carbocycles. The average Bonchev–Trinajstić information content (AvgIpc) is 3.54. The van der Waals surface area contributed by atoms with Crippen LogP contribution in [0, 0.1) is 13.8 Å². The Morgan fingerprint density at radius 2 is 1.77 bits per heavy atom. The Bertz CT molecular complexity index is 1120. The van der Waals surface area contributed by atoms with Crippen LogP contribution in [-0.4, -0.2) is 39.1 Å². The second kappa shape index (κ2) is 8.16. The fourth-order valence-electron chi connectivity index (χ4n) is 3.51. The number of hydrogen-bond acceptors (Lipinski definition) is 6. The van der Waals surface area contributed by atoms with Gasteiger partial charge in [-0.1, -0.05) is 18.2 Å². The number of benzene rings is 1. The molecule has 8 nitrogen and oxygen atoms in total. The Balaban J connectivity index is 1.45. The molecule has 30 heavy (non-hydrogen) atoms. The number of nitrogens with one attached hydrogen (secondary N) is 1. The standard InChI is InChI=1S/C21H26N6O2S/c1-15-20(16(2)26(3)24-15)14-27(18-9-10-18)13-17-11-22-21(23-12-17)25-30(28,29)19-7-5-4-6-8-19/h4-8,11-12,18H,9-10,13-14H2,1-3H3,(H,22,23,25). The third-order valence-corrected chi connectivity index (χ3v) is 6.80. The molecule has 3 aromatic rings. The van der Waals surface area contributed by atoms with Crippen molar-refractivity contribution < 1.29 is 8.42 Å². The molecule has 0 spiro atoms. The van der Waals surface area contributed by atoms with Gasteiger partial charge in [-0.15, -0.1) is 0 Å². The second-order valence-electron chi connectivity index (χ2n) is 7.74. The summed E-state index contributed by atoms with van der Waals surface area (Å²) in [4.78, 5) is 11.0. The molecule has 158 valence electrons. The highest BCUT2D eigenvalue weighted by Gasteiger charge is 2.30. The molecule has 9 heteroatoms. The third kappa shape index (κ3) is 4.52. The van der Waals surface area contributed by atoms with Gasteiger partial charge in [-0.3, -0.25) is 9.58 Å². The zero-order chi connectivity index (χ0) is 21.3. The smallest absolute Gasteiger partial charge is 0.264 e. The summed E-state index contributed by atoms with van der Waals surface area (Å²) in [5, 5.41) is 4.52. The van der Waals surface area contributed by atoms with Crippen LogP contribution in [0.5, 0.6) is 0 Å². The third-order valence-electron chi connectivity index (χ3n) is 5.45. The quantitative estimate of drug-likeness (QED) is 0.595. The summed E-state index contributed by atoms with van der Waals surface area (Å²) in [7, 11) is -1.73. The molecule has 0 aliphatic heterocycles. The molecule has 0 saturated heterocycles. The molecule has 0 bridgehead atoms. The van der Waals surface area contributed by atoms with E-state index in [9.17, 15) is 8.42 Å². The maximum Gasteiger partial charge on any atom is 0.264 e. The highest BCUT2D eigenvalue weighted by Crippen LogP contribution is 2.31. The van der Waals surface area contributed by atoms with Gasteiger partial charge in [-0.25, -0.2) is 23.1 Å². The van der Waals surface area contributed by atoms with Gasteiger partial charge in [0.05, 0.1) is 10.6 Å². The summed E-state index contributed by atoms with van der Waals surface area (Å²) in [6.07, 6.45) is 5.75. The van der Waals surface area contributed by atoms with Crippen LogP contribution in [-0.2, 0) is 30.2 Å². The summed E-state index contributed by atoms with van der Waals surface area (Å²) in [5.74, 6) is 0.0690. The van der Waals surface area contributed by atoms with E-state index < -0.39 is 10.0 Å². The Hall–Kier alpha value is -2.78. The van der Waals surface area contributed by atoms with Gasteiger partial charge in [0.1, 0.15) is 0 Å². The predicted octanol–water partition coefficient (Wildman–Crippen LogP) is 2.79. The highest BCUT2D eigenvalue weighted by molar-refractivity contribution is 7.92. The first-order chi connectivity index (χ1) is 14.3. The van der Waals surface area contributed by atoms with E-state index in [1.54, 1.807) is 30.6 Å². The van der Waals surface area contributed by atoms with Crippen LogP contribution in [0.2, 0.25) is 0 Å². The maximum atomic E-state index is 12.4. The van der Waals surface area contributed by atoms with Crippen molar-refractivity contribution in [3.8, 4) is 0 Å². The summed E-state index contributed by atoms with van der Waals surface area (Å²) in [6.45, 7) is 5.68. The van der Waals surface area contributed by atoms with Gasteiger partial charge in [0.25, 0.3) is 10.0 Å². The number of aromatic nitrogens is 4. The molecule has 2 heterocycles. The summed E-state index contributed by atoms with van der Waals surface area (Å²) in [6, 6.07) is 8.75. The minimum atomic E-state index is -3.70. The van der Waals surface area contributed by atoms with Crippen LogP contribution in [0.4, 0.5) is 5.95 Å². The molecule has 2 aromatic heterocycles. The van der Waals surface area contributed by atoms with Gasteiger partial charge in [0, 0.05) is 55.4 Å². The Labute approximate surface area is 177 Å². The number of rotatable bonds is 8. The molecule has 0 amide bonds. The van der Waals surface area contributed by atoms with Gasteiger partial charge in [-0.2, -0.15) is 5.10 Å². The zero-order valence-corrected chi connectivity index (χ0v) is 18.2. The van der Waals surface area contributed by atoms with Gasteiger partial charge in [-0.05, 0) is 38.8 Å². The molecule has 0 unspecified atom stereocenters. The van der Waals surface area contributed by atoms with Gasteiger partial charge in [0.15, 0.2) is 0 Å². The number of nitrogens with zero attached hydrogens (tertiary/aromatic N) is 5. The Morgan fingerprint density at radius 1 is 1.10 bits per heavy atom. The van der Waals surface area contributed by atoms with E-state index in [0.717, 1.165) is 17.8 Å². The fourth-order valence-corrected chi connectivity index (χ4v) is 4.48. The first-order valence-electron chi connectivity index (χ1n) is 9.95. The number of sulfonamides is 1. The second-order valence-corrected chi connectivity index (χ2v) is 9.43. The van der Waals surface area contributed by atoms with E-state index in [1.807, 2.05) is 18.7 Å². The van der Waals surface area contributed by atoms with E-state index >= 15 is 0 Å².